The number of carboxylic acid groups (broad SMARTS) is 1. The molecule has 0 aromatic heterocycles. The van der Waals surface area contributed by atoms with Gasteiger partial charge in [-0.3, -0.25) is 0 Å². The molecule has 1 aromatic carbocycles. The Hall–Kier alpha value is -2.07. The van der Waals surface area contributed by atoms with E-state index in [4.69, 9.17) is 31.9 Å². The van der Waals surface area contributed by atoms with Crippen molar-refractivity contribution in [2.75, 3.05) is 46.5 Å². The monoisotopic (exact) mass is 498 g/mol. The van der Waals surface area contributed by atoms with Gasteiger partial charge in [0.15, 0.2) is 0 Å². The largest absolute Gasteiger partial charge is 0.465 e. The number of methoxy groups -OCH3 is 1. The third kappa shape index (κ3) is 9.66. The molecule has 0 bridgehead atoms. The fourth-order valence-electron chi connectivity index (χ4n) is 4.54. The molecule has 0 radical (unpaired) electrons. The third-order valence-electron chi connectivity index (χ3n) is 5.89. The second kappa shape index (κ2) is 13.7. The molecule has 2 rings (SSSR count). The van der Waals surface area contributed by atoms with Gasteiger partial charge in [-0.05, 0) is 42.4 Å². The fraction of sp³-hybridized carbons (Fsp3) is 0.667. The molecule has 5 N–H and O–H groups in total. The zero-order valence-corrected chi connectivity index (χ0v) is 21.1. The lowest BCUT2D eigenvalue weighted by Crippen LogP contribution is -2.50. The van der Waals surface area contributed by atoms with E-state index in [-0.39, 0.29) is 42.7 Å². The molecule has 0 aliphatic carbocycles. The van der Waals surface area contributed by atoms with E-state index in [1.807, 2.05) is 18.2 Å². The molecule has 192 valence electrons. The number of urea groups is 1. The second-order valence-corrected chi connectivity index (χ2v) is 10.1. The van der Waals surface area contributed by atoms with Crippen LogP contribution >= 0.6 is 11.6 Å². The summed E-state index contributed by atoms with van der Waals surface area (Å²) >= 11 is 6.21. The van der Waals surface area contributed by atoms with Gasteiger partial charge in [0, 0.05) is 50.3 Å². The van der Waals surface area contributed by atoms with Crippen LogP contribution in [0.5, 0.6) is 0 Å². The molecular weight excluding hydrogens is 460 g/mol. The zero-order valence-electron chi connectivity index (χ0n) is 20.4. The summed E-state index contributed by atoms with van der Waals surface area (Å²) in [6, 6.07) is 7.16. The Balaban J connectivity index is 1.97. The number of benzene rings is 1. The topological polar surface area (TPSA) is 126 Å². The number of amides is 3. The zero-order chi connectivity index (χ0) is 25.1. The van der Waals surface area contributed by atoms with Crippen LogP contribution in [0.3, 0.4) is 0 Å². The maximum atomic E-state index is 12.9. The minimum Gasteiger partial charge on any atom is -0.465 e. The summed E-state index contributed by atoms with van der Waals surface area (Å²) in [4.78, 5) is 25.4. The number of nitrogens with two attached hydrogens (primary N) is 1. The first-order valence-electron chi connectivity index (χ1n) is 11.7. The van der Waals surface area contributed by atoms with Gasteiger partial charge in [-0.2, -0.15) is 0 Å². The molecule has 34 heavy (non-hydrogen) atoms. The van der Waals surface area contributed by atoms with Crippen LogP contribution < -0.4 is 16.4 Å². The average molecular weight is 499 g/mol. The average Bonchev–Trinajstić information content (AvgIpc) is 2.77. The summed E-state index contributed by atoms with van der Waals surface area (Å²) in [7, 11) is 1.67. The number of carbonyl (C=O) groups is 2. The van der Waals surface area contributed by atoms with Crippen molar-refractivity contribution in [1.29, 1.82) is 0 Å². The van der Waals surface area contributed by atoms with Crippen LogP contribution in [-0.4, -0.2) is 74.7 Å². The smallest absolute Gasteiger partial charge is 0.404 e. The molecule has 0 unspecified atom stereocenters. The molecule has 1 aliphatic rings. The minimum absolute atomic E-state index is 0.0529. The summed E-state index contributed by atoms with van der Waals surface area (Å²) in [5, 5.41) is 14.7. The standard InChI is InChI=1S/C24H39ClN4O5/c1-24(2,16-33-3)13-20(26)14-28-22(30)29-10-5-7-18(15-29)21(34-11-9-27-23(31)32)17-6-4-8-19(25)12-17/h4,6,8,12,18,20-21,27H,5,7,9-11,13-16,26H2,1-3H3,(H,28,30)(H,31,32)/t18-,20+,21+/m1/s1. The molecular formula is C24H39ClN4O5. The van der Waals surface area contributed by atoms with Crippen molar-refractivity contribution in [2.24, 2.45) is 17.1 Å². The molecule has 1 saturated heterocycles. The van der Waals surface area contributed by atoms with Crippen LogP contribution in [0.15, 0.2) is 24.3 Å². The van der Waals surface area contributed by atoms with E-state index in [0.717, 1.165) is 24.8 Å². The lowest BCUT2D eigenvalue weighted by atomic mass is 9.87. The number of nitrogens with zero attached hydrogens (tertiary/aromatic N) is 1. The number of hydrogen-bond donors (Lipinski definition) is 4. The highest BCUT2D eigenvalue weighted by atomic mass is 35.5. The van der Waals surface area contributed by atoms with Gasteiger partial charge in [0.2, 0.25) is 0 Å². The van der Waals surface area contributed by atoms with E-state index in [2.05, 4.69) is 24.5 Å². The molecule has 3 atom stereocenters. The van der Waals surface area contributed by atoms with E-state index in [1.54, 1.807) is 18.1 Å². The Morgan fingerprint density at radius 3 is 2.79 bits per heavy atom. The molecule has 1 heterocycles. The maximum absolute atomic E-state index is 12.9. The van der Waals surface area contributed by atoms with Crippen molar-refractivity contribution in [3.63, 3.8) is 0 Å². The van der Waals surface area contributed by atoms with Crippen LogP contribution in [0, 0.1) is 11.3 Å². The number of ether oxygens (including phenoxy) is 2. The van der Waals surface area contributed by atoms with Gasteiger partial charge >= 0.3 is 12.1 Å². The van der Waals surface area contributed by atoms with Gasteiger partial charge in [-0.15, -0.1) is 0 Å². The minimum atomic E-state index is -1.09. The predicted molar refractivity (Wildman–Crippen MR) is 132 cm³/mol. The van der Waals surface area contributed by atoms with E-state index in [0.29, 0.717) is 31.3 Å². The van der Waals surface area contributed by atoms with Crippen LogP contribution in [0.1, 0.15) is 44.8 Å². The number of likely N-dealkylation sites (tertiary alicyclic amines) is 1. The molecule has 1 aromatic rings. The number of rotatable bonds is 12. The molecule has 9 nitrogen and oxygen atoms in total. The van der Waals surface area contributed by atoms with Crippen LogP contribution in [0.2, 0.25) is 5.02 Å². The normalized spacial score (nSPS) is 18.3. The SMILES string of the molecule is COCC(C)(C)C[C@H](N)CNC(=O)N1CCC[C@@H]([C@@H](OCCNC(=O)O)c2cccc(Cl)c2)C1. The number of nitrogens with one attached hydrogen (secondary N) is 2. The Bertz CT molecular complexity index is 794. The lowest BCUT2D eigenvalue weighted by molar-refractivity contribution is -0.00836. The Kier molecular flexibility index (Phi) is 11.4. The van der Waals surface area contributed by atoms with Gasteiger partial charge in [0.25, 0.3) is 0 Å². The first kappa shape index (κ1) is 28.2. The summed E-state index contributed by atoms with van der Waals surface area (Å²) in [5.74, 6) is 0.0529. The van der Waals surface area contributed by atoms with E-state index in [9.17, 15) is 9.59 Å². The quantitative estimate of drug-likeness (QED) is 0.327. The first-order valence-corrected chi connectivity index (χ1v) is 12.1. The van der Waals surface area contributed by atoms with Crippen LogP contribution in [0.25, 0.3) is 0 Å². The third-order valence-corrected chi connectivity index (χ3v) is 6.13. The molecule has 0 spiro atoms. The Labute approximate surface area is 207 Å². The van der Waals surface area contributed by atoms with Gasteiger partial charge in [-0.1, -0.05) is 37.6 Å². The second-order valence-electron chi connectivity index (χ2n) is 9.67. The fourth-order valence-corrected chi connectivity index (χ4v) is 4.73. The van der Waals surface area contributed by atoms with Crippen molar-refractivity contribution in [3.05, 3.63) is 34.9 Å². The van der Waals surface area contributed by atoms with Gasteiger partial charge in [0.05, 0.1) is 19.3 Å². The Morgan fingerprint density at radius 1 is 1.35 bits per heavy atom. The Morgan fingerprint density at radius 2 is 2.12 bits per heavy atom. The van der Waals surface area contributed by atoms with Gasteiger partial charge in [-0.25, -0.2) is 9.59 Å². The van der Waals surface area contributed by atoms with Gasteiger partial charge < -0.3 is 35.8 Å². The van der Waals surface area contributed by atoms with Crippen molar-refractivity contribution in [3.8, 4) is 0 Å². The summed E-state index contributed by atoms with van der Waals surface area (Å²) in [6.45, 7) is 6.77. The van der Waals surface area contributed by atoms with Crippen molar-refractivity contribution in [2.45, 2.75) is 45.3 Å². The van der Waals surface area contributed by atoms with E-state index in [1.165, 1.54) is 0 Å². The lowest BCUT2D eigenvalue weighted by Gasteiger charge is -2.37. The van der Waals surface area contributed by atoms with Gasteiger partial charge in [0.1, 0.15) is 0 Å². The van der Waals surface area contributed by atoms with Crippen LogP contribution in [0.4, 0.5) is 9.59 Å². The van der Waals surface area contributed by atoms with Crippen molar-refractivity contribution >= 4 is 23.7 Å². The highest BCUT2D eigenvalue weighted by Crippen LogP contribution is 2.34. The molecule has 0 saturated carbocycles. The number of hydrogen-bond acceptors (Lipinski definition) is 5. The van der Waals surface area contributed by atoms with E-state index < -0.39 is 6.09 Å². The highest BCUT2D eigenvalue weighted by molar-refractivity contribution is 6.30. The molecule has 3 amide bonds. The summed E-state index contributed by atoms with van der Waals surface area (Å²) < 4.78 is 11.4. The van der Waals surface area contributed by atoms with Crippen molar-refractivity contribution in [1.82, 2.24) is 15.5 Å². The highest BCUT2D eigenvalue weighted by Gasteiger charge is 2.31. The van der Waals surface area contributed by atoms with Crippen molar-refractivity contribution < 1.29 is 24.2 Å². The number of carbonyl (C=O) groups excluding carboxylic acids is 1. The van der Waals surface area contributed by atoms with E-state index >= 15 is 0 Å². The molecule has 1 aliphatic heterocycles. The molecule has 1 fully saturated rings. The summed E-state index contributed by atoms with van der Waals surface area (Å²) in [6.07, 6.45) is 1.07. The molecule has 10 heteroatoms. The maximum Gasteiger partial charge on any atom is 0.404 e. The van der Waals surface area contributed by atoms with Crippen LogP contribution in [-0.2, 0) is 9.47 Å². The predicted octanol–water partition coefficient (Wildman–Crippen LogP) is 3.48. The number of piperidine rings is 1. The first-order chi connectivity index (χ1) is 16.1. The summed E-state index contributed by atoms with van der Waals surface area (Å²) in [5.41, 5.74) is 7.10. The number of halogens is 1.